The summed E-state index contributed by atoms with van der Waals surface area (Å²) in [6.07, 6.45) is 7.35. The number of carbonyl (C=O) groups is 1. The van der Waals surface area contributed by atoms with E-state index in [2.05, 4.69) is 21.4 Å². The second kappa shape index (κ2) is 5.28. The van der Waals surface area contributed by atoms with Gasteiger partial charge in [-0.3, -0.25) is 0 Å². The molecule has 1 heterocycles. The van der Waals surface area contributed by atoms with Crippen molar-refractivity contribution in [3.8, 4) is 0 Å². The van der Waals surface area contributed by atoms with Gasteiger partial charge in [0.05, 0.1) is 12.4 Å². The smallest absolute Gasteiger partial charge is 0.356 e. The number of nitrogens with one attached hydrogen (secondary N) is 1. The van der Waals surface area contributed by atoms with Crippen molar-refractivity contribution in [2.24, 2.45) is 0 Å². The molecule has 1 aromatic heterocycles. The molecule has 102 valence electrons. The Morgan fingerprint density at radius 3 is 2.75 bits per heavy atom. The number of aryl methyl sites for hydroxylation is 1. The molecule has 0 unspecified atom stereocenters. The molecule has 0 saturated carbocycles. The van der Waals surface area contributed by atoms with Crippen molar-refractivity contribution >= 4 is 17.5 Å². The molecule has 0 radical (unpaired) electrons. The monoisotopic (exact) mass is 269 g/mol. The van der Waals surface area contributed by atoms with Gasteiger partial charge in [0.15, 0.2) is 5.69 Å². The predicted octanol–water partition coefficient (Wildman–Crippen LogP) is 2.80. The van der Waals surface area contributed by atoms with E-state index in [4.69, 9.17) is 5.11 Å². The first-order valence-corrected chi connectivity index (χ1v) is 6.67. The molecular formula is C15H15N3O2. The molecule has 1 aliphatic rings. The average molecular weight is 269 g/mol. The van der Waals surface area contributed by atoms with Gasteiger partial charge in [0.25, 0.3) is 0 Å². The van der Waals surface area contributed by atoms with Crippen LogP contribution in [0.1, 0.15) is 34.5 Å². The van der Waals surface area contributed by atoms with Crippen molar-refractivity contribution < 1.29 is 9.90 Å². The first-order chi connectivity index (χ1) is 9.74. The summed E-state index contributed by atoms with van der Waals surface area (Å²) in [6, 6.07) is 6.22. The number of benzene rings is 1. The van der Waals surface area contributed by atoms with Crippen molar-refractivity contribution in [2.45, 2.75) is 25.7 Å². The number of nitrogens with zero attached hydrogens (tertiary/aromatic N) is 2. The highest BCUT2D eigenvalue weighted by Gasteiger charge is 2.13. The van der Waals surface area contributed by atoms with Crippen LogP contribution in [0.25, 0.3) is 0 Å². The van der Waals surface area contributed by atoms with Crippen LogP contribution in [0.3, 0.4) is 0 Å². The normalized spacial score (nSPS) is 13.6. The van der Waals surface area contributed by atoms with E-state index in [1.807, 2.05) is 12.1 Å². The van der Waals surface area contributed by atoms with E-state index in [0.29, 0.717) is 5.82 Å². The Kier molecular flexibility index (Phi) is 3.33. The first-order valence-electron chi connectivity index (χ1n) is 6.67. The minimum Gasteiger partial charge on any atom is -0.476 e. The van der Waals surface area contributed by atoms with Gasteiger partial charge in [0, 0.05) is 5.69 Å². The molecule has 5 heteroatoms. The van der Waals surface area contributed by atoms with Gasteiger partial charge in [-0.25, -0.2) is 14.8 Å². The van der Waals surface area contributed by atoms with E-state index in [1.54, 1.807) is 0 Å². The Morgan fingerprint density at radius 2 is 2.00 bits per heavy atom. The Balaban J connectivity index is 1.86. The second-order valence-corrected chi connectivity index (χ2v) is 4.87. The van der Waals surface area contributed by atoms with Crippen molar-refractivity contribution in [3.63, 3.8) is 0 Å². The summed E-state index contributed by atoms with van der Waals surface area (Å²) >= 11 is 0. The zero-order valence-corrected chi connectivity index (χ0v) is 11.0. The third-order valence-electron chi connectivity index (χ3n) is 3.53. The third kappa shape index (κ3) is 2.47. The molecule has 1 aliphatic carbocycles. The molecule has 0 bridgehead atoms. The van der Waals surface area contributed by atoms with Crippen molar-refractivity contribution in [1.82, 2.24) is 9.97 Å². The van der Waals surface area contributed by atoms with Crippen molar-refractivity contribution in [2.75, 3.05) is 5.32 Å². The highest BCUT2D eigenvalue weighted by Crippen LogP contribution is 2.29. The van der Waals surface area contributed by atoms with Gasteiger partial charge in [-0.15, -0.1) is 0 Å². The zero-order chi connectivity index (χ0) is 13.9. The molecule has 3 rings (SSSR count). The summed E-state index contributed by atoms with van der Waals surface area (Å²) in [5.41, 5.74) is 3.71. The number of fused-ring (bicyclic) bond motifs is 1. The van der Waals surface area contributed by atoms with Crippen molar-refractivity contribution in [3.05, 3.63) is 47.4 Å². The van der Waals surface area contributed by atoms with Crippen LogP contribution in [0.2, 0.25) is 0 Å². The molecule has 0 saturated heterocycles. The molecule has 0 aliphatic heterocycles. The van der Waals surface area contributed by atoms with Crippen LogP contribution >= 0.6 is 0 Å². The summed E-state index contributed by atoms with van der Waals surface area (Å²) < 4.78 is 0. The van der Waals surface area contributed by atoms with E-state index in [-0.39, 0.29) is 5.69 Å². The lowest BCUT2D eigenvalue weighted by Crippen LogP contribution is -2.07. The first kappa shape index (κ1) is 12.6. The van der Waals surface area contributed by atoms with Gasteiger partial charge in [-0.2, -0.15) is 0 Å². The topological polar surface area (TPSA) is 75.1 Å². The highest BCUT2D eigenvalue weighted by molar-refractivity contribution is 5.85. The van der Waals surface area contributed by atoms with Gasteiger partial charge >= 0.3 is 5.97 Å². The number of anilines is 2. The quantitative estimate of drug-likeness (QED) is 0.896. The zero-order valence-electron chi connectivity index (χ0n) is 11.0. The number of hydrogen-bond donors (Lipinski definition) is 2. The number of carboxylic acid groups (broad SMARTS) is 1. The SMILES string of the molecule is O=C(O)c1cnc(Nc2cccc3c2CCCC3)cn1. The van der Waals surface area contributed by atoms with Crippen LogP contribution in [0.4, 0.5) is 11.5 Å². The van der Waals surface area contributed by atoms with Gasteiger partial charge in [0.2, 0.25) is 0 Å². The summed E-state index contributed by atoms with van der Waals surface area (Å²) in [5, 5.41) is 12.0. The molecule has 20 heavy (non-hydrogen) atoms. The predicted molar refractivity (Wildman–Crippen MR) is 75.4 cm³/mol. The molecule has 2 N–H and O–H groups in total. The number of rotatable bonds is 3. The van der Waals surface area contributed by atoms with E-state index in [0.717, 1.165) is 18.5 Å². The summed E-state index contributed by atoms with van der Waals surface area (Å²) in [5.74, 6) is -0.505. The number of carboxylic acids is 1. The molecule has 0 spiro atoms. The number of aromatic carboxylic acids is 1. The van der Waals surface area contributed by atoms with Crippen LogP contribution in [0.5, 0.6) is 0 Å². The van der Waals surface area contributed by atoms with Gasteiger partial charge in [-0.1, -0.05) is 12.1 Å². The lowest BCUT2D eigenvalue weighted by atomic mass is 9.90. The molecule has 0 amide bonds. The standard InChI is InChI=1S/C15H15N3O2/c19-15(20)13-8-17-14(9-16-13)18-12-7-3-5-10-4-1-2-6-11(10)12/h3,5,7-9H,1-2,4,6H2,(H,17,18)(H,19,20). The fourth-order valence-electron chi connectivity index (χ4n) is 2.54. The molecule has 1 aromatic carbocycles. The van der Waals surface area contributed by atoms with Crippen LogP contribution in [-0.2, 0) is 12.8 Å². The van der Waals surface area contributed by atoms with E-state index >= 15 is 0 Å². The summed E-state index contributed by atoms with van der Waals surface area (Å²) in [7, 11) is 0. The fourth-order valence-corrected chi connectivity index (χ4v) is 2.54. The molecule has 2 aromatic rings. The lowest BCUT2D eigenvalue weighted by Gasteiger charge is -2.19. The largest absolute Gasteiger partial charge is 0.476 e. The lowest BCUT2D eigenvalue weighted by molar-refractivity contribution is 0.0690. The Hall–Kier alpha value is -2.43. The summed E-state index contributed by atoms with van der Waals surface area (Å²) in [6.45, 7) is 0. The fraction of sp³-hybridized carbons (Fsp3) is 0.267. The van der Waals surface area contributed by atoms with E-state index < -0.39 is 5.97 Å². The van der Waals surface area contributed by atoms with Crippen LogP contribution < -0.4 is 5.32 Å². The Morgan fingerprint density at radius 1 is 1.15 bits per heavy atom. The van der Waals surface area contributed by atoms with Gasteiger partial charge in [0.1, 0.15) is 5.82 Å². The maximum atomic E-state index is 10.7. The number of hydrogen-bond acceptors (Lipinski definition) is 4. The maximum absolute atomic E-state index is 10.7. The number of aromatic nitrogens is 2. The van der Waals surface area contributed by atoms with Crippen LogP contribution in [-0.4, -0.2) is 21.0 Å². The molecule has 0 fully saturated rings. The highest BCUT2D eigenvalue weighted by atomic mass is 16.4. The molecular weight excluding hydrogens is 254 g/mol. The Bertz CT molecular complexity index is 638. The van der Waals surface area contributed by atoms with Crippen LogP contribution in [0, 0.1) is 0 Å². The van der Waals surface area contributed by atoms with E-state index in [9.17, 15) is 4.79 Å². The van der Waals surface area contributed by atoms with Gasteiger partial charge < -0.3 is 10.4 Å². The minimum atomic E-state index is -1.07. The maximum Gasteiger partial charge on any atom is 0.356 e. The molecule has 5 nitrogen and oxygen atoms in total. The van der Waals surface area contributed by atoms with Crippen molar-refractivity contribution in [1.29, 1.82) is 0 Å². The third-order valence-corrected chi connectivity index (χ3v) is 3.53. The van der Waals surface area contributed by atoms with Crippen LogP contribution in [0.15, 0.2) is 30.6 Å². The van der Waals surface area contributed by atoms with Gasteiger partial charge in [-0.05, 0) is 42.9 Å². The Labute approximate surface area is 116 Å². The summed E-state index contributed by atoms with van der Waals surface area (Å²) in [4.78, 5) is 18.7. The molecule has 0 atom stereocenters. The average Bonchev–Trinajstić information content (AvgIpc) is 2.48. The second-order valence-electron chi connectivity index (χ2n) is 4.87. The minimum absolute atomic E-state index is 0.0503. The van der Waals surface area contributed by atoms with E-state index in [1.165, 1.54) is 36.4 Å².